The number of amides is 2. The highest BCUT2D eigenvalue weighted by Crippen LogP contribution is 2.35. The fourth-order valence-corrected chi connectivity index (χ4v) is 7.10. The first-order valence-corrected chi connectivity index (χ1v) is 13.8. The molecule has 3 aliphatic heterocycles. The number of piperazine rings is 1. The molecule has 0 bridgehead atoms. The van der Waals surface area contributed by atoms with Crippen LogP contribution in [-0.2, 0) is 43.2 Å². The van der Waals surface area contributed by atoms with E-state index in [0.717, 1.165) is 11.1 Å². The summed E-state index contributed by atoms with van der Waals surface area (Å²) in [6.45, 7) is 0.236. The number of likely N-dealkylation sites (N-methyl/N-ethyl adjacent to an activating group) is 1. The van der Waals surface area contributed by atoms with E-state index in [1.165, 1.54) is 26.3 Å². The maximum Gasteiger partial charge on any atom is 0.303 e. The highest BCUT2D eigenvalue weighted by molar-refractivity contribution is 7.88. The van der Waals surface area contributed by atoms with Crippen molar-refractivity contribution in [2.75, 3.05) is 20.1 Å². The minimum atomic E-state index is -3.98. The normalized spacial score (nSPS) is 22.0. The molecule has 0 aliphatic carbocycles. The van der Waals surface area contributed by atoms with Crippen LogP contribution in [0.4, 0.5) is 5.69 Å². The summed E-state index contributed by atoms with van der Waals surface area (Å²) in [7, 11) is -2.46. The van der Waals surface area contributed by atoms with Gasteiger partial charge in [-0.05, 0) is 17.5 Å². The first kappa shape index (κ1) is 25.9. The van der Waals surface area contributed by atoms with Gasteiger partial charge >= 0.3 is 5.97 Å². The molecule has 0 aromatic heterocycles. The van der Waals surface area contributed by atoms with Crippen molar-refractivity contribution < 1.29 is 27.9 Å². The molecule has 2 atom stereocenters. The third-order valence-corrected chi connectivity index (χ3v) is 8.76. The van der Waals surface area contributed by atoms with Gasteiger partial charge in [0, 0.05) is 25.6 Å². The highest BCUT2D eigenvalue weighted by Gasteiger charge is 2.52. The summed E-state index contributed by atoms with van der Waals surface area (Å²) in [5.74, 6) is -2.26. The second kappa shape index (κ2) is 10.2. The minimum Gasteiger partial charge on any atom is -0.481 e. The molecule has 2 saturated heterocycles. The number of benzene rings is 2. The van der Waals surface area contributed by atoms with Crippen molar-refractivity contribution in [1.29, 1.82) is 0 Å². The number of hydrogen-bond donors (Lipinski definition) is 1. The molecular weight excluding hydrogens is 512 g/mol. The molecule has 2 aromatic carbocycles. The lowest BCUT2D eigenvalue weighted by atomic mass is 10.0. The van der Waals surface area contributed by atoms with Gasteiger partial charge in [0.25, 0.3) is 0 Å². The van der Waals surface area contributed by atoms with E-state index in [2.05, 4.69) is 10.2 Å². The Morgan fingerprint density at radius 2 is 1.87 bits per heavy atom. The average molecular weight is 541 g/mol. The van der Waals surface area contributed by atoms with E-state index < -0.39 is 40.0 Å². The van der Waals surface area contributed by atoms with Crippen molar-refractivity contribution in [3.05, 3.63) is 65.2 Å². The zero-order valence-corrected chi connectivity index (χ0v) is 21.6. The van der Waals surface area contributed by atoms with Gasteiger partial charge in [-0.15, -0.1) is 4.41 Å². The summed E-state index contributed by atoms with van der Waals surface area (Å²) in [6.07, 6.45) is -1.50. The Hall–Kier alpha value is -3.68. The second-order valence-electron chi connectivity index (χ2n) is 9.60. The maximum atomic E-state index is 13.7. The molecule has 0 spiro atoms. The summed E-state index contributed by atoms with van der Waals surface area (Å²) in [4.78, 5) is 41.0. The van der Waals surface area contributed by atoms with Gasteiger partial charge in [0.2, 0.25) is 21.8 Å². The standard InChI is InChI=1S/C25H28N6O6S/c1-28-15-22(32)30-20(10-11-23(33)34)25(35)29(13-19-9-5-8-18-12-26-27-24(18)19)14-21(30)31(28)38(36,37)16-17-6-3-2-4-7-17/h2-9,20-21H,10-16H2,1H3,(H,33,34)/t20-,21-/m0/s1. The zero-order valence-electron chi connectivity index (χ0n) is 20.8. The number of carboxylic acid groups (broad SMARTS) is 1. The summed E-state index contributed by atoms with van der Waals surface area (Å²) in [5.41, 5.74) is 2.93. The third kappa shape index (κ3) is 4.91. The number of rotatable bonds is 8. The van der Waals surface area contributed by atoms with Crippen LogP contribution in [0.3, 0.4) is 0 Å². The summed E-state index contributed by atoms with van der Waals surface area (Å²) < 4.78 is 28.6. The average Bonchev–Trinajstić information content (AvgIpc) is 3.34. The highest BCUT2D eigenvalue weighted by atomic mass is 32.2. The number of hydrazine groups is 1. The van der Waals surface area contributed by atoms with E-state index >= 15 is 0 Å². The van der Waals surface area contributed by atoms with E-state index in [9.17, 15) is 27.9 Å². The summed E-state index contributed by atoms with van der Waals surface area (Å²) in [5, 5.41) is 19.0. The summed E-state index contributed by atoms with van der Waals surface area (Å²) in [6, 6.07) is 13.2. The predicted molar refractivity (Wildman–Crippen MR) is 135 cm³/mol. The molecule has 200 valence electrons. The molecule has 2 amide bonds. The fourth-order valence-electron chi connectivity index (χ4n) is 5.33. The molecule has 5 rings (SSSR count). The van der Waals surface area contributed by atoms with Crippen LogP contribution in [0.25, 0.3) is 0 Å². The van der Waals surface area contributed by atoms with Gasteiger partial charge in [0.1, 0.15) is 12.2 Å². The molecule has 2 fully saturated rings. The number of sulfonamides is 1. The quantitative estimate of drug-likeness (QED) is 0.537. The first-order chi connectivity index (χ1) is 18.2. The summed E-state index contributed by atoms with van der Waals surface area (Å²) >= 11 is 0. The largest absolute Gasteiger partial charge is 0.481 e. The number of carbonyl (C=O) groups excluding carboxylic acids is 2. The number of nitrogens with zero attached hydrogens (tertiary/aromatic N) is 6. The van der Waals surface area contributed by atoms with E-state index in [1.807, 2.05) is 18.2 Å². The van der Waals surface area contributed by atoms with Gasteiger partial charge in [-0.25, -0.2) is 13.4 Å². The van der Waals surface area contributed by atoms with Crippen molar-refractivity contribution in [2.45, 2.75) is 43.9 Å². The van der Waals surface area contributed by atoms with Crippen LogP contribution in [0.2, 0.25) is 0 Å². The van der Waals surface area contributed by atoms with Crippen LogP contribution >= 0.6 is 0 Å². The molecule has 3 heterocycles. The van der Waals surface area contributed by atoms with Crippen LogP contribution < -0.4 is 0 Å². The second-order valence-corrected chi connectivity index (χ2v) is 11.4. The Morgan fingerprint density at radius 3 is 2.61 bits per heavy atom. The van der Waals surface area contributed by atoms with Crippen molar-refractivity contribution in [3.8, 4) is 0 Å². The van der Waals surface area contributed by atoms with Crippen LogP contribution in [0, 0.1) is 0 Å². The van der Waals surface area contributed by atoms with Crippen molar-refractivity contribution in [2.24, 2.45) is 10.2 Å². The molecule has 2 aromatic rings. The predicted octanol–water partition coefficient (Wildman–Crippen LogP) is 1.71. The lowest BCUT2D eigenvalue weighted by molar-refractivity contribution is -0.182. The van der Waals surface area contributed by atoms with Gasteiger partial charge in [-0.1, -0.05) is 48.5 Å². The number of hydrogen-bond acceptors (Lipinski definition) is 8. The van der Waals surface area contributed by atoms with Gasteiger partial charge in [-0.3, -0.25) is 14.4 Å². The SMILES string of the molecule is CN1CC(=O)N2[C@@H](CCC(=O)O)C(=O)N(Cc3cccc4c3N=NC4)C[C@@H]2N1S(=O)(=O)Cc1ccccc1. The monoisotopic (exact) mass is 540 g/mol. The molecule has 0 unspecified atom stereocenters. The topological polar surface area (TPSA) is 143 Å². The van der Waals surface area contributed by atoms with Crippen LogP contribution in [0.5, 0.6) is 0 Å². The molecule has 0 saturated carbocycles. The Kier molecular flexibility index (Phi) is 6.99. The van der Waals surface area contributed by atoms with E-state index in [1.54, 1.807) is 30.3 Å². The molecular formula is C25H28N6O6S. The van der Waals surface area contributed by atoms with Crippen LogP contribution in [0.1, 0.15) is 29.5 Å². The lowest BCUT2D eigenvalue weighted by Crippen LogP contribution is -2.75. The number of fused-ring (bicyclic) bond motifs is 2. The Morgan fingerprint density at radius 1 is 1.11 bits per heavy atom. The fraction of sp³-hybridized carbons (Fsp3) is 0.400. The van der Waals surface area contributed by atoms with Crippen molar-refractivity contribution in [1.82, 2.24) is 19.2 Å². The van der Waals surface area contributed by atoms with E-state index in [-0.39, 0.29) is 38.2 Å². The van der Waals surface area contributed by atoms with Gasteiger partial charge < -0.3 is 14.9 Å². The first-order valence-electron chi connectivity index (χ1n) is 12.2. The third-order valence-electron chi connectivity index (χ3n) is 6.97. The van der Waals surface area contributed by atoms with Gasteiger partial charge in [0.05, 0.1) is 31.1 Å². The van der Waals surface area contributed by atoms with Crippen LogP contribution in [0.15, 0.2) is 58.8 Å². The zero-order chi connectivity index (χ0) is 27.0. The lowest BCUT2D eigenvalue weighted by Gasteiger charge is -2.54. The van der Waals surface area contributed by atoms with E-state index in [4.69, 9.17) is 0 Å². The van der Waals surface area contributed by atoms with Gasteiger partial charge in [-0.2, -0.15) is 10.2 Å². The van der Waals surface area contributed by atoms with Crippen molar-refractivity contribution >= 4 is 33.5 Å². The number of azo groups is 1. The van der Waals surface area contributed by atoms with Crippen molar-refractivity contribution in [3.63, 3.8) is 0 Å². The molecule has 12 nitrogen and oxygen atoms in total. The smallest absolute Gasteiger partial charge is 0.303 e. The molecule has 0 radical (unpaired) electrons. The Bertz CT molecular complexity index is 1400. The number of carbonyl (C=O) groups is 3. The number of aliphatic carboxylic acids is 1. The Labute approximate surface area is 220 Å². The van der Waals surface area contributed by atoms with E-state index in [0.29, 0.717) is 17.8 Å². The maximum absolute atomic E-state index is 13.7. The molecule has 13 heteroatoms. The molecule has 1 N–H and O–H groups in total. The molecule has 3 aliphatic rings. The minimum absolute atomic E-state index is 0.0761. The number of carboxylic acids is 1. The van der Waals surface area contributed by atoms with Crippen LogP contribution in [-0.4, -0.2) is 82.9 Å². The van der Waals surface area contributed by atoms with Gasteiger partial charge in [0.15, 0.2) is 0 Å². The molecule has 38 heavy (non-hydrogen) atoms. The Balaban J connectivity index is 1.52.